The monoisotopic (exact) mass is 411 g/mol. The molecule has 1 aliphatic carbocycles. The van der Waals surface area contributed by atoms with Crippen LogP contribution < -0.4 is 10.6 Å². The molecule has 0 unspecified atom stereocenters. The van der Waals surface area contributed by atoms with Crippen molar-refractivity contribution >= 4 is 35.1 Å². The average Bonchev–Trinajstić information content (AvgIpc) is 3.16. The Morgan fingerprint density at radius 1 is 0.929 bits per heavy atom. The first-order chi connectivity index (χ1) is 13.7. The summed E-state index contributed by atoms with van der Waals surface area (Å²) in [6, 6.07) is 12.7. The van der Waals surface area contributed by atoms with Crippen LogP contribution in [0.25, 0.3) is 11.1 Å². The summed E-state index contributed by atoms with van der Waals surface area (Å²) in [5.41, 5.74) is 2.02. The molecule has 0 radical (unpaired) electrons. The van der Waals surface area contributed by atoms with Crippen molar-refractivity contribution in [2.24, 2.45) is 0 Å². The molecule has 28 heavy (non-hydrogen) atoms. The summed E-state index contributed by atoms with van der Waals surface area (Å²) in [4.78, 5) is 14.4. The third kappa shape index (κ3) is 4.56. The van der Waals surface area contributed by atoms with Gasteiger partial charge in [-0.05, 0) is 43.7 Å². The number of benzene rings is 1. The number of nitrogens with zero attached hydrogens (tertiary/aromatic N) is 3. The van der Waals surface area contributed by atoms with Crippen LogP contribution in [-0.4, -0.2) is 33.3 Å². The molecule has 1 aromatic carbocycles. The maximum Gasteiger partial charge on any atom is 0.222 e. The highest BCUT2D eigenvalue weighted by molar-refractivity contribution is 7.98. The van der Waals surface area contributed by atoms with Crippen LogP contribution in [0.3, 0.4) is 0 Å². The summed E-state index contributed by atoms with van der Waals surface area (Å²) in [6.07, 6.45) is 10.8. The highest BCUT2D eigenvalue weighted by Gasteiger charge is 2.25. The number of aromatic nitrogens is 3. The number of rotatable bonds is 6. The van der Waals surface area contributed by atoms with E-state index in [1.807, 2.05) is 55.2 Å². The van der Waals surface area contributed by atoms with E-state index in [2.05, 4.69) is 31.7 Å². The van der Waals surface area contributed by atoms with Crippen LogP contribution in [0.1, 0.15) is 19.3 Å². The molecule has 0 saturated heterocycles. The van der Waals surface area contributed by atoms with Crippen LogP contribution in [0.4, 0.5) is 11.8 Å². The van der Waals surface area contributed by atoms with Crippen molar-refractivity contribution < 1.29 is 0 Å². The van der Waals surface area contributed by atoms with Crippen LogP contribution in [0.15, 0.2) is 59.9 Å². The van der Waals surface area contributed by atoms with Gasteiger partial charge in [0.15, 0.2) is 0 Å². The van der Waals surface area contributed by atoms with Crippen molar-refractivity contribution in [3.8, 4) is 11.1 Å². The molecule has 144 valence electrons. The average molecular weight is 412 g/mol. The Kier molecular flexibility index (Phi) is 5.98. The van der Waals surface area contributed by atoms with Crippen LogP contribution in [-0.2, 0) is 0 Å². The number of hydrogen-bond acceptors (Lipinski definition) is 6. The van der Waals surface area contributed by atoms with E-state index in [-0.39, 0.29) is 0 Å². The molecule has 2 atom stereocenters. The first-order valence-electron chi connectivity index (χ1n) is 9.31. The quantitative estimate of drug-likeness (QED) is 0.532. The fraction of sp³-hybridized carbons (Fsp3) is 0.286. The van der Waals surface area contributed by atoms with E-state index < -0.39 is 0 Å². The summed E-state index contributed by atoms with van der Waals surface area (Å²) < 4.78 is 0. The maximum absolute atomic E-state index is 6.27. The number of thioether (sulfide) groups is 1. The molecule has 1 saturated carbocycles. The molecule has 0 aliphatic heterocycles. The second-order valence-corrected chi connectivity index (χ2v) is 8.14. The van der Waals surface area contributed by atoms with Crippen LogP contribution in [0, 0.1) is 0 Å². The number of nitrogens with one attached hydrogen (secondary N) is 2. The molecule has 1 fully saturated rings. The van der Waals surface area contributed by atoms with Gasteiger partial charge >= 0.3 is 0 Å². The highest BCUT2D eigenvalue weighted by Crippen LogP contribution is 2.29. The lowest BCUT2D eigenvalue weighted by Crippen LogP contribution is -2.22. The molecule has 1 aliphatic rings. The van der Waals surface area contributed by atoms with Crippen molar-refractivity contribution in [1.29, 1.82) is 0 Å². The molecule has 7 heteroatoms. The van der Waals surface area contributed by atoms with Crippen molar-refractivity contribution in [2.45, 2.75) is 36.2 Å². The smallest absolute Gasteiger partial charge is 0.222 e. The van der Waals surface area contributed by atoms with Crippen LogP contribution in [0.5, 0.6) is 0 Å². The van der Waals surface area contributed by atoms with Crippen molar-refractivity contribution in [3.63, 3.8) is 0 Å². The number of anilines is 2. The Morgan fingerprint density at radius 2 is 1.68 bits per heavy atom. The number of pyridine rings is 1. The Bertz CT molecular complexity index is 917. The van der Waals surface area contributed by atoms with Crippen molar-refractivity contribution in [2.75, 3.05) is 16.9 Å². The summed E-state index contributed by atoms with van der Waals surface area (Å²) in [5, 5.41) is 7.72. The predicted molar refractivity (Wildman–Crippen MR) is 117 cm³/mol. The first kappa shape index (κ1) is 19.0. The lowest BCUT2D eigenvalue weighted by atomic mass is 10.1. The Morgan fingerprint density at radius 3 is 2.36 bits per heavy atom. The van der Waals surface area contributed by atoms with Gasteiger partial charge in [-0.2, -0.15) is 0 Å². The zero-order chi connectivity index (χ0) is 19.3. The van der Waals surface area contributed by atoms with Gasteiger partial charge in [0, 0.05) is 51.7 Å². The van der Waals surface area contributed by atoms with Gasteiger partial charge in [0.2, 0.25) is 5.95 Å². The van der Waals surface area contributed by atoms with E-state index in [1.165, 1.54) is 0 Å². The Labute approximate surface area is 174 Å². The minimum absolute atomic E-state index is 0.375. The lowest BCUT2D eigenvalue weighted by Gasteiger charge is -2.15. The lowest BCUT2D eigenvalue weighted by molar-refractivity contribution is 0.716. The molecule has 0 amide bonds. The summed E-state index contributed by atoms with van der Waals surface area (Å²) in [5.74, 6) is 1.59. The fourth-order valence-electron chi connectivity index (χ4n) is 3.47. The van der Waals surface area contributed by atoms with E-state index in [9.17, 15) is 0 Å². The fourth-order valence-corrected chi connectivity index (χ4v) is 4.03. The minimum atomic E-state index is 0.375. The maximum atomic E-state index is 6.27. The van der Waals surface area contributed by atoms with Gasteiger partial charge < -0.3 is 10.6 Å². The van der Waals surface area contributed by atoms with E-state index in [1.54, 1.807) is 11.8 Å². The van der Waals surface area contributed by atoms with Crippen LogP contribution >= 0.6 is 23.4 Å². The van der Waals surface area contributed by atoms with E-state index in [0.29, 0.717) is 18.0 Å². The van der Waals surface area contributed by atoms with Crippen molar-refractivity contribution in [1.82, 2.24) is 15.0 Å². The normalized spacial score (nSPS) is 18.8. The largest absolute Gasteiger partial charge is 0.367 e. The summed E-state index contributed by atoms with van der Waals surface area (Å²) in [7, 11) is 0. The van der Waals surface area contributed by atoms with Crippen LogP contribution in [0.2, 0.25) is 5.02 Å². The highest BCUT2D eigenvalue weighted by atomic mass is 35.5. The summed E-state index contributed by atoms with van der Waals surface area (Å²) in [6.45, 7) is 0. The standard InChI is InChI=1S/C21H22ClN5S/c1-28-17-12-24-21(25-13-17)27-16-8-7-15(10-16)26-20-9-6-14(11-23-20)18-4-2-3-5-19(18)22/h2-6,9,11-13,15-16H,7-8,10H2,1H3,(H,23,26)(H,24,25,27)/t15-,16-/m0/s1. The van der Waals surface area contributed by atoms with E-state index in [4.69, 9.17) is 11.6 Å². The molecule has 0 spiro atoms. The van der Waals surface area contributed by atoms with Gasteiger partial charge in [-0.3, -0.25) is 0 Å². The second-order valence-electron chi connectivity index (χ2n) is 6.85. The molecular weight excluding hydrogens is 390 g/mol. The van der Waals surface area contributed by atoms with E-state index in [0.717, 1.165) is 46.1 Å². The third-order valence-electron chi connectivity index (χ3n) is 4.93. The van der Waals surface area contributed by atoms with Gasteiger partial charge in [-0.1, -0.05) is 29.8 Å². The van der Waals surface area contributed by atoms with Gasteiger partial charge in [-0.15, -0.1) is 11.8 Å². The summed E-state index contributed by atoms with van der Waals surface area (Å²) >= 11 is 7.92. The third-order valence-corrected chi connectivity index (χ3v) is 5.94. The zero-order valence-corrected chi connectivity index (χ0v) is 17.2. The molecule has 2 aromatic heterocycles. The number of halogens is 1. The predicted octanol–water partition coefficient (Wildman–Crippen LogP) is 5.36. The SMILES string of the molecule is CSc1cnc(N[C@H]2CC[C@H](Nc3ccc(-c4ccccc4Cl)cn3)C2)nc1. The molecule has 5 nitrogen and oxygen atoms in total. The molecule has 0 bridgehead atoms. The molecule has 2 N–H and O–H groups in total. The van der Waals surface area contributed by atoms with Gasteiger partial charge in [0.05, 0.1) is 0 Å². The Hall–Kier alpha value is -2.31. The molecule has 3 aromatic rings. The van der Waals surface area contributed by atoms with Gasteiger partial charge in [0.1, 0.15) is 5.82 Å². The van der Waals surface area contributed by atoms with Gasteiger partial charge in [0.25, 0.3) is 0 Å². The molecular formula is C21H22ClN5S. The van der Waals surface area contributed by atoms with Gasteiger partial charge in [-0.25, -0.2) is 15.0 Å². The van der Waals surface area contributed by atoms with Crippen molar-refractivity contribution in [3.05, 3.63) is 60.0 Å². The second kappa shape index (κ2) is 8.80. The Balaban J connectivity index is 1.33. The number of hydrogen-bond donors (Lipinski definition) is 2. The topological polar surface area (TPSA) is 62.7 Å². The minimum Gasteiger partial charge on any atom is -0.367 e. The zero-order valence-electron chi connectivity index (χ0n) is 15.6. The first-order valence-corrected chi connectivity index (χ1v) is 10.9. The van der Waals surface area contributed by atoms with E-state index >= 15 is 0 Å². The molecule has 2 heterocycles. The molecule has 4 rings (SSSR count).